The second-order valence-corrected chi connectivity index (χ2v) is 10.9. The third-order valence-electron chi connectivity index (χ3n) is 8.22. The van der Waals surface area contributed by atoms with Crippen LogP contribution in [0.4, 0.5) is 14.5 Å². The van der Waals surface area contributed by atoms with Crippen LogP contribution in [0.2, 0.25) is 0 Å². The van der Waals surface area contributed by atoms with Crippen LogP contribution in [0.3, 0.4) is 0 Å². The fraction of sp³-hybridized carbons (Fsp3) is 0.533. The maximum Gasteiger partial charge on any atom is 0.280 e. The third kappa shape index (κ3) is 6.35. The average molecular weight is 544 g/mol. The molecular weight excluding hydrogens is 504 g/mol. The van der Waals surface area contributed by atoms with Gasteiger partial charge in [0.25, 0.3) is 18.2 Å². The summed E-state index contributed by atoms with van der Waals surface area (Å²) in [5.41, 5.74) is -1.25. The van der Waals surface area contributed by atoms with Gasteiger partial charge in [-0.05, 0) is 80.3 Å². The number of carbonyl (C=O) groups excluding carboxylic acids is 2. The number of anilines is 1. The summed E-state index contributed by atoms with van der Waals surface area (Å²) in [5, 5.41) is 10.9. The predicted molar refractivity (Wildman–Crippen MR) is 146 cm³/mol. The van der Waals surface area contributed by atoms with Crippen molar-refractivity contribution in [3.63, 3.8) is 0 Å². The van der Waals surface area contributed by atoms with Crippen LogP contribution in [0.5, 0.6) is 5.75 Å². The normalized spacial score (nSPS) is 18.6. The number of rotatable bonds is 8. The van der Waals surface area contributed by atoms with Crippen LogP contribution in [-0.4, -0.2) is 80.5 Å². The lowest BCUT2D eigenvalue weighted by Gasteiger charge is -2.39. The number of hydrogen-bond donors (Lipinski definition) is 1. The van der Waals surface area contributed by atoms with Gasteiger partial charge >= 0.3 is 0 Å². The number of halogens is 2. The van der Waals surface area contributed by atoms with Gasteiger partial charge in [-0.2, -0.15) is 0 Å². The van der Waals surface area contributed by atoms with Gasteiger partial charge in [-0.1, -0.05) is 12.1 Å². The molecule has 2 aromatic carbocycles. The number of likely N-dealkylation sites (tertiary alicyclic amines) is 1. The number of benzene rings is 2. The Kier molecular flexibility index (Phi) is 9.10. The molecule has 0 bridgehead atoms. The molecule has 2 fully saturated rings. The van der Waals surface area contributed by atoms with Gasteiger partial charge in [-0.15, -0.1) is 0 Å². The predicted octanol–water partition coefficient (Wildman–Crippen LogP) is 4.40. The highest BCUT2D eigenvalue weighted by molar-refractivity contribution is 5.94. The molecule has 2 aliphatic rings. The van der Waals surface area contributed by atoms with E-state index in [1.807, 2.05) is 24.3 Å². The number of ether oxygens (including phenoxy) is 1. The molecule has 2 heterocycles. The van der Waals surface area contributed by atoms with Crippen molar-refractivity contribution in [2.75, 3.05) is 52.3 Å². The van der Waals surface area contributed by atoms with Crippen LogP contribution in [0.1, 0.15) is 48.0 Å². The van der Waals surface area contributed by atoms with E-state index in [2.05, 4.69) is 4.90 Å². The highest BCUT2D eigenvalue weighted by Crippen LogP contribution is 2.36. The lowest BCUT2D eigenvalue weighted by molar-refractivity contribution is -0.173. The van der Waals surface area contributed by atoms with E-state index in [4.69, 9.17) is 4.74 Å². The smallest absolute Gasteiger partial charge is 0.280 e. The van der Waals surface area contributed by atoms with Crippen molar-refractivity contribution >= 4 is 17.5 Å². The van der Waals surface area contributed by atoms with E-state index in [-0.39, 0.29) is 11.5 Å². The van der Waals surface area contributed by atoms with Gasteiger partial charge in [-0.3, -0.25) is 9.59 Å². The summed E-state index contributed by atoms with van der Waals surface area (Å²) in [6, 6.07) is 13.5. The Labute approximate surface area is 229 Å². The first kappa shape index (κ1) is 28.8. The fourth-order valence-electron chi connectivity index (χ4n) is 5.79. The molecule has 1 N–H and O–H groups in total. The summed E-state index contributed by atoms with van der Waals surface area (Å²) >= 11 is 0. The zero-order valence-electron chi connectivity index (χ0n) is 23.0. The zero-order valence-corrected chi connectivity index (χ0v) is 23.0. The van der Waals surface area contributed by atoms with E-state index in [9.17, 15) is 23.5 Å². The van der Waals surface area contributed by atoms with Crippen LogP contribution < -0.4 is 9.64 Å². The van der Waals surface area contributed by atoms with E-state index >= 15 is 0 Å². The monoisotopic (exact) mass is 543 g/mol. The molecule has 0 radical (unpaired) electrons. The second-order valence-electron chi connectivity index (χ2n) is 10.9. The highest BCUT2D eigenvalue weighted by Gasteiger charge is 2.50. The van der Waals surface area contributed by atoms with Crippen LogP contribution in [-0.2, 0) is 10.4 Å². The third-order valence-corrected chi connectivity index (χ3v) is 8.22. The van der Waals surface area contributed by atoms with Crippen molar-refractivity contribution in [2.24, 2.45) is 11.8 Å². The van der Waals surface area contributed by atoms with E-state index in [1.54, 1.807) is 25.1 Å². The van der Waals surface area contributed by atoms with Gasteiger partial charge in [0, 0.05) is 57.1 Å². The molecule has 0 spiro atoms. The molecule has 0 aliphatic carbocycles. The SMILES string of the molecule is COc1cccc(C(O)(C(=O)N2CCC(CC3CCN(c4ccc(C(=O)N(C)C)cc4)CC3)CC2)C(F)F)c1. The number of aliphatic hydroxyl groups is 1. The van der Waals surface area contributed by atoms with Crippen molar-refractivity contribution < 1.29 is 28.2 Å². The van der Waals surface area contributed by atoms with Crippen molar-refractivity contribution in [3.05, 3.63) is 59.7 Å². The van der Waals surface area contributed by atoms with Gasteiger partial charge in [-0.25, -0.2) is 8.78 Å². The minimum absolute atomic E-state index is 0.00723. The Morgan fingerprint density at radius 3 is 2.13 bits per heavy atom. The quantitative estimate of drug-likeness (QED) is 0.535. The molecular formula is C30H39F2N3O4. The molecule has 4 rings (SSSR count). The maximum absolute atomic E-state index is 14.1. The number of hydrogen-bond acceptors (Lipinski definition) is 5. The molecule has 2 aliphatic heterocycles. The molecule has 212 valence electrons. The summed E-state index contributed by atoms with van der Waals surface area (Å²) < 4.78 is 33.3. The first-order chi connectivity index (χ1) is 18.6. The van der Waals surface area contributed by atoms with Gasteiger partial charge in [0.2, 0.25) is 5.60 Å². The van der Waals surface area contributed by atoms with Gasteiger partial charge in [0.15, 0.2) is 0 Å². The Bertz CT molecular complexity index is 1130. The second kappa shape index (κ2) is 12.3. The van der Waals surface area contributed by atoms with Crippen molar-refractivity contribution in [2.45, 2.75) is 44.1 Å². The molecule has 7 nitrogen and oxygen atoms in total. The first-order valence-electron chi connectivity index (χ1n) is 13.6. The summed E-state index contributed by atoms with van der Waals surface area (Å²) in [7, 11) is 4.90. The Morgan fingerprint density at radius 2 is 1.59 bits per heavy atom. The van der Waals surface area contributed by atoms with E-state index in [1.165, 1.54) is 30.2 Å². The van der Waals surface area contributed by atoms with E-state index in [0.717, 1.165) is 50.9 Å². The fourth-order valence-corrected chi connectivity index (χ4v) is 5.79. The highest BCUT2D eigenvalue weighted by atomic mass is 19.3. The maximum atomic E-state index is 14.1. The number of methoxy groups -OCH3 is 1. The Morgan fingerprint density at radius 1 is 1.00 bits per heavy atom. The molecule has 2 saturated heterocycles. The molecule has 39 heavy (non-hydrogen) atoms. The molecule has 9 heteroatoms. The van der Waals surface area contributed by atoms with Crippen molar-refractivity contribution in [1.29, 1.82) is 0 Å². The van der Waals surface area contributed by atoms with E-state index < -0.39 is 17.9 Å². The number of carbonyl (C=O) groups is 2. The van der Waals surface area contributed by atoms with Crippen LogP contribution >= 0.6 is 0 Å². The largest absolute Gasteiger partial charge is 0.497 e. The van der Waals surface area contributed by atoms with Crippen molar-refractivity contribution in [3.8, 4) is 5.75 Å². The Balaban J connectivity index is 1.27. The summed E-state index contributed by atoms with van der Waals surface area (Å²) in [4.78, 5) is 30.6. The van der Waals surface area contributed by atoms with Crippen molar-refractivity contribution in [1.82, 2.24) is 9.80 Å². The molecule has 2 aromatic rings. The molecule has 2 amide bonds. The zero-order chi connectivity index (χ0) is 28.2. The lowest BCUT2D eigenvalue weighted by Crippen LogP contribution is -2.53. The standard InChI is InChI=1S/C30H39F2N3O4/c1-33(2)27(36)23-7-9-25(10-8-23)34-15-11-21(12-16-34)19-22-13-17-35(18-14-22)29(37)30(38,28(31)32)24-5-4-6-26(20-24)39-3/h4-10,20-22,28,38H,11-19H2,1-3H3. The molecule has 0 saturated carbocycles. The number of piperidine rings is 2. The van der Waals surface area contributed by atoms with Gasteiger partial charge < -0.3 is 24.5 Å². The summed E-state index contributed by atoms with van der Waals surface area (Å²) in [6.07, 6.45) is 1.41. The lowest BCUT2D eigenvalue weighted by atomic mass is 9.82. The first-order valence-corrected chi connectivity index (χ1v) is 13.6. The molecule has 0 aromatic heterocycles. The minimum atomic E-state index is -3.26. The number of alkyl halides is 2. The van der Waals surface area contributed by atoms with Crippen LogP contribution in [0.15, 0.2) is 48.5 Å². The minimum Gasteiger partial charge on any atom is -0.497 e. The number of amides is 2. The molecule has 1 unspecified atom stereocenters. The van der Waals surface area contributed by atoms with E-state index in [0.29, 0.717) is 36.2 Å². The summed E-state index contributed by atoms with van der Waals surface area (Å²) in [6.45, 7) is 2.62. The average Bonchev–Trinajstić information content (AvgIpc) is 2.96. The molecule has 1 atom stereocenters. The number of nitrogens with zero attached hydrogens (tertiary/aromatic N) is 3. The summed E-state index contributed by atoms with van der Waals surface area (Å²) in [5.74, 6) is 0.361. The van der Waals surface area contributed by atoms with Crippen LogP contribution in [0.25, 0.3) is 0 Å². The van der Waals surface area contributed by atoms with Crippen LogP contribution in [0, 0.1) is 11.8 Å². The topological polar surface area (TPSA) is 73.3 Å². The van der Waals surface area contributed by atoms with Gasteiger partial charge in [0.1, 0.15) is 5.75 Å². The van der Waals surface area contributed by atoms with Gasteiger partial charge in [0.05, 0.1) is 7.11 Å². The Hall–Kier alpha value is -3.20.